The fraction of sp³-hybridized carbons (Fsp3) is 0.765. The number of carbonyl (C=O) groups excluding carboxylic acids is 4. The number of ether oxygens (including phenoxy) is 2. The first kappa shape index (κ1) is 46.5. The monoisotopic (exact) mass is 779 g/mol. The summed E-state index contributed by atoms with van der Waals surface area (Å²) in [5.74, 6) is -8.78. The molecule has 55 heavy (non-hydrogen) atoms. The van der Waals surface area contributed by atoms with Crippen LogP contribution in [0.15, 0.2) is 9.98 Å². The summed E-state index contributed by atoms with van der Waals surface area (Å²) >= 11 is 0. The lowest BCUT2D eigenvalue weighted by molar-refractivity contribution is -0.150. The highest BCUT2D eigenvalue weighted by molar-refractivity contribution is 6.38. The summed E-state index contributed by atoms with van der Waals surface area (Å²) in [5, 5.41) is 30.8. The molecule has 0 spiro atoms. The fourth-order valence-electron chi connectivity index (χ4n) is 8.31. The highest BCUT2D eigenvalue weighted by atomic mass is 16.5. The third-order valence-electron chi connectivity index (χ3n) is 10.7. The number of rotatable bonds is 22. The molecule has 21 heteroatoms. The van der Waals surface area contributed by atoms with E-state index in [1.807, 2.05) is 27.7 Å². The molecule has 0 aromatic carbocycles. The van der Waals surface area contributed by atoms with Crippen molar-refractivity contribution < 1.29 is 48.5 Å². The molecule has 1 radical (unpaired) electrons. The lowest BCUT2D eigenvalue weighted by Crippen LogP contribution is -2.52. The maximum absolute atomic E-state index is 12.9. The van der Waals surface area contributed by atoms with Gasteiger partial charge in [-0.15, -0.1) is 0 Å². The summed E-state index contributed by atoms with van der Waals surface area (Å²) in [7, 11) is 0.943. The molecule has 0 bridgehead atoms. The second-order valence-electron chi connectivity index (χ2n) is 14.2. The number of nitrogens with two attached hydrogens (primary N) is 4. The van der Waals surface area contributed by atoms with E-state index < -0.39 is 97.0 Å². The minimum atomic E-state index is -1.18. The summed E-state index contributed by atoms with van der Waals surface area (Å²) < 4.78 is 11.9. The Morgan fingerprint density at radius 2 is 0.982 bits per heavy atom. The zero-order valence-electron chi connectivity index (χ0n) is 32.5. The predicted octanol–water partition coefficient (Wildman–Crippen LogP) is -1.87. The molecule has 20 nitrogen and oxygen atoms in total. The Kier molecular flexibility index (Phi) is 18.6. The predicted molar refractivity (Wildman–Crippen MR) is 203 cm³/mol. The number of hydrogen-bond acceptors (Lipinski definition) is 10. The Balaban J connectivity index is 2.18. The number of nitrogens with one attached hydrogen (secondary N) is 4. The maximum Gasteiger partial charge on any atom is 0.390 e. The molecule has 0 aliphatic heterocycles. The molecule has 2 rings (SSSR count). The number of hydrogen-bond donors (Lipinski definition) is 10. The second-order valence-corrected chi connectivity index (χ2v) is 14.2. The normalized spacial score (nSPS) is 25.7. The van der Waals surface area contributed by atoms with Crippen molar-refractivity contribution in [3.63, 3.8) is 0 Å². The van der Waals surface area contributed by atoms with E-state index in [-0.39, 0.29) is 48.4 Å². The van der Waals surface area contributed by atoms with Gasteiger partial charge in [-0.3, -0.25) is 28.8 Å². The molecule has 10 atom stereocenters. The first-order chi connectivity index (χ1) is 25.9. The van der Waals surface area contributed by atoms with Gasteiger partial charge in [0.1, 0.15) is 13.2 Å². The van der Waals surface area contributed by atoms with Gasteiger partial charge in [-0.25, -0.2) is 9.98 Å². The first-order valence-electron chi connectivity index (χ1n) is 18.7. The van der Waals surface area contributed by atoms with E-state index in [1.54, 1.807) is 0 Å². The molecule has 0 aromatic heterocycles. The number of amides is 4. The van der Waals surface area contributed by atoms with Crippen LogP contribution in [0, 0.1) is 35.5 Å². The number of carboxylic acid groups (broad SMARTS) is 2. The molecule has 2 aliphatic carbocycles. The van der Waals surface area contributed by atoms with Crippen molar-refractivity contribution >= 4 is 55.0 Å². The molecule has 0 unspecified atom stereocenters. The van der Waals surface area contributed by atoms with Crippen molar-refractivity contribution in [1.29, 1.82) is 0 Å². The molecular weight excluding hydrogens is 719 g/mol. The van der Waals surface area contributed by atoms with Crippen molar-refractivity contribution in [2.24, 2.45) is 68.4 Å². The standard InChI is InChI=1S/C34H60BN10O10/c1-7-17(8-2)27(40-15(5)46)25-21(42-33(36)37)11-19(31(50)51)29(25)54-13-23(48)44-35-45-24(49)14-55-30-20(32(52)53)12-22(43-34(38)39)26(30)28(41-16(6)47)18(9-3)10-4/h17-22,25-30H,7-14H2,1-6H3,(H,40,46)(H,41,47)(H,44,48)(H,45,49)(H,50,51)(H,52,53)(H4,36,37,42)(H4,38,39,43)/t19-,20-,21+,22+,25+,26+,27+,28+,29+,30+/m0/s1. The Morgan fingerprint density at radius 1 is 0.655 bits per heavy atom. The SMILES string of the molecule is CCC(CC)[C@@H](NC(C)=O)[C@@H]1[C@H](OCC(=O)N[B]NC(=O)CO[C@H]2[C@@H]([C@H](NC(C)=O)C(CC)CC)[C@H](N=C(N)N)C[C@@H]2C(=O)O)[C@@H](C(=O)O)C[C@H]1N=C(N)N. The molecule has 0 heterocycles. The zero-order chi connectivity index (χ0) is 41.6. The van der Waals surface area contributed by atoms with Gasteiger partial charge in [-0.1, -0.05) is 53.4 Å². The van der Waals surface area contributed by atoms with Gasteiger partial charge >= 0.3 is 19.5 Å². The molecule has 309 valence electrons. The minimum absolute atomic E-state index is 0.00297. The quantitative estimate of drug-likeness (QED) is 0.0327. The van der Waals surface area contributed by atoms with Crippen LogP contribution in [0.5, 0.6) is 0 Å². The van der Waals surface area contributed by atoms with E-state index in [4.69, 9.17) is 32.4 Å². The number of aliphatic imine (C=N–C) groups is 2. The third kappa shape index (κ3) is 13.3. The Bertz CT molecular complexity index is 1300. The maximum atomic E-state index is 12.9. The van der Waals surface area contributed by atoms with Crippen LogP contribution >= 0.6 is 0 Å². The number of guanidine groups is 2. The van der Waals surface area contributed by atoms with Gasteiger partial charge in [0, 0.05) is 37.8 Å². The molecule has 0 aromatic rings. The Morgan fingerprint density at radius 3 is 1.24 bits per heavy atom. The molecular formula is C34H60BN10O10. The van der Waals surface area contributed by atoms with Crippen LogP contribution in [-0.2, 0) is 38.2 Å². The van der Waals surface area contributed by atoms with Gasteiger partial charge in [-0.05, 0) is 24.7 Å². The van der Waals surface area contributed by atoms with Gasteiger partial charge in [0.2, 0.25) is 23.6 Å². The average Bonchev–Trinajstić information content (AvgIpc) is 3.63. The van der Waals surface area contributed by atoms with Crippen LogP contribution in [-0.4, -0.2) is 115 Å². The summed E-state index contributed by atoms with van der Waals surface area (Å²) in [6.07, 6.45) is 0.478. The molecule has 14 N–H and O–H groups in total. The van der Waals surface area contributed by atoms with Gasteiger partial charge < -0.3 is 63.7 Å². The van der Waals surface area contributed by atoms with Gasteiger partial charge in [0.05, 0.1) is 36.1 Å². The highest BCUT2D eigenvalue weighted by Gasteiger charge is 2.54. The number of carbonyl (C=O) groups is 6. The third-order valence-corrected chi connectivity index (χ3v) is 10.7. The first-order valence-corrected chi connectivity index (χ1v) is 18.7. The van der Waals surface area contributed by atoms with Crippen LogP contribution in [0.2, 0.25) is 0 Å². The average molecular weight is 780 g/mol. The van der Waals surface area contributed by atoms with E-state index in [0.29, 0.717) is 25.7 Å². The largest absolute Gasteiger partial charge is 0.481 e. The summed E-state index contributed by atoms with van der Waals surface area (Å²) in [5.41, 5.74) is 22.8. The van der Waals surface area contributed by atoms with Gasteiger partial charge in [0.25, 0.3) is 0 Å². The van der Waals surface area contributed by atoms with Crippen molar-refractivity contribution in [2.75, 3.05) is 13.2 Å². The van der Waals surface area contributed by atoms with E-state index >= 15 is 0 Å². The number of aliphatic carboxylic acids is 2. The molecule has 2 aliphatic rings. The molecule has 0 saturated heterocycles. The van der Waals surface area contributed by atoms with E-state index in [9.17, 15) is 39.0 Å². The van der Waals surface area contributed by atoms with Gasteiger partial charge in [0.15, 0.2) is 11.9 Å². The smallest absolute Gasteiger partial charge is 0.390 e. The zero-order valence-corrected chi connectivity index (χ0v) is 32.5. The van der Waals surface area contributed by atoms with Crippen molar-refractivity contribution in [3.05, 3.63) is 0 Å². The highest BCUT2D eigenvalue weighted by Crippen LogP contribution is 2.42. The summed E-state index contributed by atoms with van der Waals surface area (Å²) in [4.78, 5) is 83.6. The summed E-state index contributed by atoms with van der Waals surface area (Å²) in [6, 6.07) is -2.58. The van der Waals surface area contributed by atoms with E-state index in [2.05, 4.69) is 31.1 Å². The molecule has 2 saturated carbocycles. The van der Waals surface area contributed by atoms with E-state index in [1.165, 1.54) is 13.8 Å². The number of carboxylic acids is 2. The topological polar surface area (TPSA) is 338 Å². The van der Waals surface area contributed by atoms with Crippen molar-refractivity contribution in [3.8, 4) is 0 Å². The van der Waals surface area contributed by atoms with Gasteiger partial charge in [-0.2, -0.15) is 0 Å². The molecule has 4 amide bonds. The molecule has 2 fully saturated rings. The summed E-state index contributed by atoms with van der Waals surface area (Å²) in [6.45, 7) is 9.24. The fourth-order valence-corrected chi connectivity index (χ4v) is 8.31. The number of nitrogens with zero attached hydrogens (tertiary/aromatic N) is 2. The van der Waals surface area contributed by atoms with Crippen LogP contribution in [0.1, 0.15) is 80.1 Å². The van der Waals surface area contributed by atoms with Crippen molar-refractivity contribution in [2.45, 2.75) is 116 Å². The van der Waals surface area contributed by atoms with Crippen LogP contribution < -0.4 is 44.0 Å². The second kappa shape index (κ2) is 22.0. The van der Waals surface area contributed by atoms with E-state index in [0.717, 1.165) is 7.55 Å². The van der Waals surface area contributed by atoms with Crippen LogP contribution in [0.4, 0.5) is 0 Å². The lowest BCUT2D eigenvalue weighted by Gasteiger charge is -2.37. The van der Waals surface area contributed by atoms with Crippen LogP contribution in [0.3, 0.4) is 0 Å². The Labute approximate surface area is 322 Å². The van der Waals surface area contributed by atoms with Crippen molar-refractivity contribution in [1.82, 2.24) is 21.1 Å². The minimum Gasteiger partial charge on any atom is -0.481 e. The Hall–Kier alpha value is -4.66. The van der Waals surface area contributed by atoms with Crippen LogP contribution in [0.25, 0.3) is 0 Å². The lowest BCUT2D eigenvalue weighted by atomic mass is 9.80.